The van der Waals surface area contributed by atoms with Gasteiger partial charge >= 0.3 is 0 Å². The number of hydrogen-bond acceptors (Lipinski definition) is 7. The number of nitrogens with one attached hydrogen (secondary N) is 1. The number of benzene rings is 1. The molecule has 1 aliphatic heterocycles. The van der Waals surface area contributed by atoms with Crippen LogP contribution in [0.4, 0.5) is 11.6 Å². The second kappa shape index (κ2) is 10.4. The number of ether oxygens (including phenoxy) is 1. The number of aromatic nitrogens is 3. The topological polar surface area (TPSA) is 83.5 Å². The number of nitrogens with zero attached hydrogens (tertiary/aromatic N) is 5. The molecule has 1 aliphatic rings. The molecule has 2 aromatic heterocycles. The Labute approximate surface area is 194 Å². The molecule has 1 atom stereocenters. The number of anilines is 2. The van der Waals surface area contributed by atoms with E-state index < -0.39 is 0 Å². The maximum atomic E-state index is 13.2. The van der Waals surface area contributed by atoms with Gasteiger partial charge in [-0.25, -0.2) is 9.97 Å². The lowest BCUT2D eigenvalue weighted by Gasteiger charge is -2.27. The first-order valence-corrected chi connectivity index (χ1v) is 11.1. The van der Waals surface area contributed by atoms with Crippen molar-refractivity contribution in [1.82, 2.24) is 24.8 Å². The zero-order chi connectivity index (χ0) is 23.2. The highest BCUT2D eigenvalue weighted by Gasteiger charge is 2.31. The zero-order valence-electron chi connectivity index (χ0n) is 19.4. The second-order valence-electron chi connectivity index (χ2n) is 8.39. The minimum absolute atomic E-state index is 0.0678. The monoisotopic (exact) mass is 446 g/mol. The summed E-state index contributed by atoms with van der Waals surface area (Å²) < 4.78 is 5.30. The van der Waals surface area contributed by atoms with Crippen LogP contribution in [-0.2, 0) is 11.3 Å². The molecular formula is C25H30N6O2. The molecule has 0 saturated carbocycles. The summed E-state index contributed by atoms with van der Waals surface area (Å²) in [7, 11) is 3.62. The summed E-state index contributed by atoms with van der Waals surface area (Å²) in [4.78, 5) is 30.6. The number of likely N-dealkylation sites (N-methyl/N-ethyl adjacent to an activating group) is 1. The summed E-state index contributed by atoms with van der Waals surface area (Å²) in [6.07, 6.45) is 7.01. The number of methoxy groups -OCH3 is 1. The Bertz CT molecular complexity index is 1110. The van der Waals surface area contributed by atoms with E-state index in [9.17, 15) is 4.79 Å². The predicted molar refractivity (Wildman–Crippen MR) is 127 cm³/mol. The summed E-state index contributed by atoms with van der Waals surface area (Å²) >= 11 is 0. The van der Waals surface area contributed by atoms with Crippen molar-refractivity contribution in [3.8, 4) is 5.75 Å². The van der Waals surface area contributed by atoms with Crippen molar-refractivity contribution in [2.45, 2.75) is 32.4 Å². The van der Waals surface area contributed by atoms with E-state index in [0.717, 1.165) is 47.8 Å². The molecule has 0 spiro atoms. The average Bonchev–Trinajstić information content (AvgIpc) is 3.31. The third kappa shape index (κ3) is 5.64. The van der Waals surface area contributed by atoms with Gasteiger partial charge in [0.15, 0.2) is 0 Å². The first-order chi connectivity index (χ1) is 16.0. The summed E-state index contributed by atoms with van der Waals surface area (Å²) in [5.41, 5.74) is 2.94. The molecule has 1 aromatic carbocycles. The lowest BCUT2D eigenvalue weighted by Crippen LogP contribution is -2.38. The number of carbonyl (C=O) groups excluding carboxylic acids is 1. The summed E-state index contributed by atoms with van der Waals surface area (Å²) in [5.74, 6) is 2.30. The molecule has 172 valence electrons. The number of amides is 1. The van der Waals surface area contributed by atoms with Gasteiger partial charge in [-0.3, -0.25) is 14.7 Å². The van der Waals surface area contributed by atoms with E-state index >= 15 is 0 Å². The van der Waals surface area contributed by atoms with Gasteiger partial charge in [0.25, 0.3) is 0 Å². The number of rotatable bonds is 8. The van der Waals surface area contributed by atoms with Crippen LogP contribution in [0, 0.1) is 6.92 Å². The van der Waals surface area contributed by atoms with Crippen LogP contribution >= 0.6 is 0 Å². The Kier molecular flexibility index (Phi) is 7.14. The molecule has 1 N–H and O–H groups in total. The van der Waals surface area contributed by atoms with E-state index in [2.05, 4.69) is 15.3 Å². The molecule has 0 bridgehead atoms. The number of aryl methyl sites for hydroxylation is 1. The standard InChI is InChI=1S/C25H30N6O2/c1-18-7-5-11-27-25(18)29-23-15-26-14-21(28-23)22-10-6-12-31(22)24(32)17-30(2)16-19-8-4-9-20(13-19)33-3/h4-5,7-9,11,13-15,22H,6,10,12,16-17H2,1-3H3,(H,27,28,29)/t22-/m0/s1. The van der Waals surface area contributed by atoms with Crippen molar-refractivity contribution in [3.63, 3.8) is 0 Å². The van der Waals surface area contributed by atoms with Gasteiger partial charge < -0.3 is 15.0 Å². The van der Waals surface area contributed by atoms with Crippen LogP contribution in [0.5, 0.6) is 5.75 Å². The molecule has 1 saturated heterocycles. The fraction of sp³-hybridized carbons (Fsp3) is 0.360. The normalized spacial score (nSPS) is 15.6. The zero-order valence-corrected chi connectivity index (χ0v) is 19.4. The molecule has 8 nitrogen and oxygen atoms in total. The van der Waals surface area contributed by atoms with Gasteiger partial charge in [-0.05, 0) is 56.1 Å². The second-order valence-corrected chi connectivity index (χ2v) is 8.39. The molecule has 4 rings (SSSR count). The summed E-state index contributed by atoms with van der Waals surface area (Å²) in [6.45, 7) is 3.73. The molecule has 0 unspecified atom stereocenters. The molecule has 1 fully saturated rings. The summed E-state index contributed by atoms with van der Waals surface area (Å²) in [6, 6.07) is 11.7. The quantitative estimate of drug-likeness (QED) is 0.564. The largest absolute Gasteiger partial charge is 0.497 e. The van der Waals surface area contributed by atoms with Crippen LogP contribution in [0.15, 0.2) is 55.0 Å². The van der Waals surface area contributed by atoms with Crippen LogP contribution in [0.2, 0.25) is 0 Å². The molecule has 1 amide bonds. The van der Waals surface area contributed by atoms with Crippen molar-refractivity contribution >= 4 is 17.5 Å². The molecule has 3 heterocycles. The van der Waals surface area contributed by atoms with Gasteiger partial charge in [0, 0.05) is 19.3 Å². The van der Waals surface area contributed by atoms with Gasteiger partial charge in [-0.15, -0.1) is 0 Å². The summed E-state index contributed by atoms with van der Waals surface area (Å²) in [5, 5.41) is 3.24. The molecule has 8 heteroatoms. The van der Waals surface area contributed by atoms with Gasteiger partial charge in [-0.1, -0.05) is 18.2 Å². The number of hydrogen-bond donors (Lipinski definition) is 1. The predicted octanol–water partition coefficient (Wildman–Crippen LogP) is 3.73. The average molecular weight is 447 g/mol. The lowest BCUT2D eigenvalue weighted by atomic mass is 10.1. The highest BCUT2D eigenvalue weighted by Crippen LogP contribution is 2.31. The molecule has 3 aromatic rings. The first kappa shape index (κ1) is 22.7. The van der Waals surface area contributed by atoms with E-state index in [4.69, 9.17) is 9.72 Å². The molecular weight excluding hydrogens is 416 g/mol. The van der Waals surface area contributed by atoms with E-state index in [1.165, 1.54) is 0 Å². The van der Waals surface area contributed by atoms with Crippen LogP contribution in [0.25, 0.3) is 0 Å². The number of likely N-dealkylation sites (tertiary alicyclic amines) is 1. The lowest BCUT2D eigenvalue weighted by molar-refractivity contribution is -0.133. The maximum Gasteiger partial charge on any atom is 0.237 e. The first-order valence-electron chi connectivity index (χ1n) is 11.1. The number of pyridine rings is 1. The molecule has 0 radical (unpaired) electrons. The van der Waals surface area contributed by atoms with Crippen molar-refractivity contribution < 1.29 is 9.53 Å². The third-order valence-electron chi connectivity index (χ3n) is 5.82. The van der Waals surface area contributed by atoms with E-state index in [0.29, 0.717) is 18.9 Å². The van der Waals surface area contributed by atoms with E-state index in [1.54, 1.807) is 25.7 Å². The van der Waals surface area contributed by atoms with E-state index in [1.807, 2.05) is 60.2 Å². The van der Waals surface area contributed by atoms with Gasteiger partial charge in [0.05, 0.1) is 37.8 Å². The van der Waals surface area contributed by atoms with Crippen LogP contribution in [0.3, 0.4) is 0 Å². The van der Waals surface area contributed by atoms with Crippen molar-refractivity contribution in [2.75, 3.05) is 32.6 Å². The number of carbonyl (C=O) groups is 1. The van der Waals surface area contributed by atoms with Crippen molar-refractivity contribution in [3.05, 3.63) is 71.8 Å². The Hall–Kier alpha value is -3.52. The van der Waals surface area contributed by atoms with Crippen LogP contribution in [-0.4, -0.2) is 57.9 Å². The Balaban J connectivity index is 1.42. The van der Waals surface area contributed by atoms with Gasteiger partial charge in [-0.2, -0.15) is 0 Å². The van der Waals surface area contributed by atoms with Crippen molar-refractivity contribution in [1.29, 1.82) is 0 Å². The van der Waals surface area contributed by atoms with E-state index in [-0.39, 0.29) is 11.9 Å². The van der Waals surface area contributed by atoms with Gasteiger partial charge in [0.2, 0.25) is 5.91 Å². The smallest absolute Gasteiger partial charge is 0.237 e. The fourth-order valence-corrected chi connectivity index (χ4v) is 4.17. The third-order valence-corrected chi connectivity index (χ3v) is 5.82. The highest BCUT2D eigenvalue weighted by molar-refractivity contribution is 5.79. The Morgan fingerprint density at radius 2 is 2.15 bits per heavy atom. The molecule has 0 aliphatic carbocycles. The fourth-order valence-electron chi connectivity index (χ4n) is 4.17. The van der Waals surface area contributed by atoms with Crippen LogP contribution in [0.1, 0.15) is 35.7 Å². The van der Waals surface area contributed by atoms with Crippen LogP contribution < -0.4 is 10.1 Å². The Morgan fingerprint density at radius 1 is 1.27 bits per heavy atom. The van der Waals surface area contributed by atoms with Gasteiger partial charge in [0.1, 0.15) is 17.4 Å². The highest BCUT2D eigenvalue weighted by atomic mass is 16.5. The van der Waals surface area contributed by atoms with Crippen molar-refractivity contribution in [2.24, 2.45) is 0 Å². The minimum Gasteiger partial charge on any atom is -0.497 e. The Morgan fingerprint density at radius 3 is 2.97 bits per heavy atom. The minimum atomic E-state index is -0.0678. The maximum absolute atomic E-state index is 13.2. The SMILES string of the molecule is COc1cccc(CN(C)CC(=O)N2CCC[C@H]2c2cncc(Nc3ncccc3C)n2)c1. The molecule has 33 heavy (non-hydrogen) atoms.